The Morgan fingerprint density at radius 3 is 2.78 bits per heavy atom. The van der Waals surface area contributed by atoms with E-state index in [0.717, 1.165) is 39.3 Å². The van der Waals surface area contributed by atoms with Crippen LogP contribution >= 0.6 is 11.8 Å². The number of methoxy groups -OCH3 is 1. The van der Waals surface area contributed by atoms with Crippen LogP contribution in [-0.4, -0.2) is 65.6 Å². The lowest BCUT2D eigenvalue weighted by Gasteiger charge is -2.26. The van der Waals surface area contributed by atoms with E-state index in [9.17, 15) is 9.59 Å². The molecule has 146 valence electrons. The molecule has 1 aromatic heterocycles. The first-order valence-electron chi connectivity index (χ1n) is 9.14. The van der Waals surface area contributed by atoms with Gasteiger partial charge >= 0.3 is 5.97 Å². The van der Waals surface area contributed by atoms with Gasteiger partial charge in [-0.1, -0.05) is 23.9 Å². The van der Waals surface area contributed by atoms with E-state index in [1.54, 1.807) is 17.6 Å². The quantitative estimate of drug-likeness (QED) is 0.405. The maximum atomic E-state index is 13.0. The number of benzene rings is 1. The molecule has 1 aliphatic heterocycles. The number of thioether (sulfide) groups is 1. The lowest BCUT2D eigenvalue weighted by molar-refractivity contribution is -0.139. The fourth-order valence-corrected chi connectivity index (χ4v) is 4.05. The van der Waals surface area contributed by atoms with Crippen molar-refractivity contribution in [3.63, 3.8) is 0 Å². The Bertz CT molecular complexity index is 848. The molecule has 0 N–H and O–H groups in total. The van der Waals surface area contributed by atoms with Gasteiger partial charge in [-0.05, 0) is 25.5 Å². The topological polar surface area (TPSA) is 73.7 Å². The van der Waals surface area contributed by atoms with Crippen molar-refractivity contribution < 1.29 is 14.3 Å². The van der Waals surface area contributed by atoms with E-state index in [0.29, 0.717) is 22.6 Å². The molecule has 2 aromatic rings. The monoisotopic (exact) mass is 391 g/mol. The molecule has 1 atom stereocenters. The molecule has 0 amide bonds. The molecule has 0 unspecified atom stereocenters. The van der Waals surface area contributed by atoms with Gasteiger partial charge in [0.25, 0.3) is 5.56 Å². The summed E-state index contributed by atoms with van der Waals surface area (Å²) < 4.78 is 11.9. The fourth-order valence-electron chi connectivity index (χ4n) is 3.08. The number of rotatable bonds is 7. The van der Waals surface area contributed by atoms with Crippen LogP contribution < -0.4 is 5.56 Å². The zero-order valence-electron chi connectivity index (χ0n) is 15.7. The number of ether oxygens (including phenoxy) is 2. The average Bonchev–Trinajstić information content (AvgIpc) is 2.70. The van der Waals surface area contributed by atoms with Crippen LogP contribution in [-0.2, 0) is 20.8 Å². The average molecular weight is 391 g/mol. The Morgan fingerprint density at radius 2 is 2.04 bits per heavy atom. The van der Waals surface area contributed by atoms with Gasteiger partial charge in [0.05, 0.1) is 31.2 Å². The highest BCUT2D eigenvalue weighted by Gasteiger charge is 2.20. The Balaban J connectivity index is 1.83. The van der Waals surface area contributed by atoms with Crippen LogP contribution in [0.25, 0.3) is 10.9 Å². The summed E-state index contributed by atoms with van der Waals surface area (Å²) in [5.74, 6) is -0.331. The van der Waals surface area contributed by atoms with Gasteiger partial charge in [-0.2, -0.15) is 0 Å². The van der Waals surface area contributed by atoms with Crippen LogP contribution in [0.15, 0.2) is 34.2 Å². The van der Waals surface area contributed by atoms with Crippen molar-refractivity contribution in [3.8, 4) is 0 Å². The molecular formula is C19H25N3O4S. The molecule has 0 radical (unpaired) electrons. The number of aromatic nitrogens is 2. The molecular weight excluding hydrogens is 366 g/mol. The molecule has 8 heteroatoms. The van der Waals surface area contributed by atoms with E-state index in [2.05, 4.69) is 9.88 Å². The molecule has 27 heavy (non-hydrogen) atoms. The van der Waals surface area contributed by atoms with Crippen molar-refractivity contribution in [3.05, 3.63) is 34.6 Å². The summed E-state index contributed by atoms with van der Waals surface area (Å²) >= 11 is 1.26. The number of hydrogen-bond acceptors (Lipinski definition) is 7. The fraction of sp³-hybridized carbons (Fsp3) is 0.526. The van der Waals surface area contributed by atoms with E-state index < -0.39 is 5.25 Å². The summed E-state index contributed by atoms with van der Waals surface area (Å²) in [6.07, 6.45) is 0.833. The minimum atomic E-state index is -0.437. The standard InChI is InChI=1S/C19H25N3O4S/c1-14(18(24)25-2)27-19-20-16-7-4-3-6-15(16)17(23)22(19)9-5-8-21-10-12-26-13-11-21/h3-4,6-7,14H,5,8-13H2,1-2H3/t14-/m0/s1. The van der Waals surface area contributed by atoms with E-state index in [-0.39, 0.29) is 11.5 Å². The number of esters is 1. The molecule has 1 aromatic carbocycles. The van der Waals surface area contributed by atoms with Crippen LogP contribution in [0.4, 0.5) is 0 Å². The SMILES string of the molecule is COC(=O)[C@H](C)Sc1nc2ccccc2c(=O)n1CCCN1CCOCC1. The second-order valence-corrected chi connectivity index (χ2v) is 7.77. The van der Waals surface area contributed by atoms with Gasteiger partial charge in [0, 0.05) is 26.2 Å². The Labute approximate surface area is 162 Å². The van der Waals surface area contributed by atoms with Gasteiger partial charge in [0.2, 0.25) is 0 Å². The van der Waals surface area contributed by atoms with Crippen molar-refractivity contribution in [2.75, 3.05) is 40.0 Å². The zero-order valence-corrected chi connectivity index (χ0v) is 16.5. The molecule has 3 rings (SSSR count). The highest BCUT2D eigenvalue weighted by atomic mass is 32.2. The molecule has 0 spiro atoms. The maximum absolute atomic E-state index is 13.0. The smallest absolute Gasteiger partial charge is 0.318 e. The van der Waals surface area contributed by atoms with Crippen molar-refractivity contribution in [1.29, 1.82) is 0 Å². The molecule has 0 aliphatic carbocycles. The van der Waals surface area contributed by atoms with Gasteiger partial charge in [0.15, 0.2) is 5.16 Å². The van der Waals surface area contributed by atoms with Crippen LogP contribution in [0.5, 0.6) is 0 Å². The summed E-state index contributed by atoms with van der Waals surface area (Å²) in [7, 11) is 1.36. The molecule has 1 saturated heterocycles. The summed E-state index contributed by atoms with van der Waals surface area (Å²) in [5.41, 5.74) is 0.577. The minimum Gasteiger partial charge on any atom is -0.468 e. The predicted molar refractivity (Wildman–Crippen MR) is 105 cm³/mol. The van der Waals surface area contributed by atoms with Crippen molar-refractivity contribution in [2.45, 2.75) is 30.3 Å². The number of hydrogen-bond donors (Lipinski definition) is 0. The highest BCUT2D eigenvalue weighted by molar-refractivity contribution is 8.00. The third kappa shape index (κ3) is 4.88. The number of para-hydroxylation sites is 1. The largest absolute Gasteiger partial charge is 0.468 e. The second kappa shape index (κ2) is 9.34. The predicted octanol–water partition coefficient (Wildman–Crippen LogP) is 1.77. The maximum Gasteiger partial charge on any atom is 0.318 e. The molecule has 1 fully saturated rings. The molecule has 2 heterocycles. The molecule has 7 nitrogen and oxygen atoms in total. The Morgan fingerprint density at radius 1 is 1.30 bits per heavy atom. The number of nitrogens with zero attached hydrogens (tertiary/aromatic N) is 3. The van der Waals surface area contributed by atoms with Gasteiger partial charge in [-0.25, -0.2) is 4.98 Å². The molecule has 0 bridgehead atoms. The van der Waals surface area contributed by atoms with Crippen LogP contribution in [0.1, 0.15) is 13.3 Å². The van der Waals surface area contributed by atoms with Crippen LogP contribution in [0.2, 0.25) is 0 Å². The van der Waals surface area contributed by atoms with E-state index in [4.69, 9.17) is 9.47 Å². The van der Waals surface area contributed by atoms with E-state index >= 15 is 0 Å². The number of morpholine rings is 1. The van der Waals surface area contributed by atoms with E-state index in [1.807, 2.05) is 18.2 Å². The minimum absolute atomic E-state index is 0.0675. The Kier molecular flexibility index (Phi) is 6.87. The summed E-state index contributed by atoms with van der Waals surface area (Å²) in [5, 5.41) is 0.714. The highest BCUT2D eigenvalue weighted by Crippen LogP contribution is 2.23. The first-order valence-corrected chi connectivity index (χ1v) is 10.0. The van der Waals surface area contributed by atoms with Crippen LogP contribution in [0.3, 0.4) is 0 Å². The second-order valence-electron chi connectivity index (χ2n) is 6.46. The zero-order chi connectivity index (χ0) is 19.2. The third-order valence-electron chi connectivity index (χ3n) is 4.60. The van der Waals surface area contributed by atoms with E-state index in [1.165, 1.54) is 18.9 Å². The van der Waals surface area contributed by atoms with Gasteiger partial charge < -0.3 is 9.47 Å². The van der Waals surface area contributed by atoms with Gasteiger partial charge in [-0.15, -0.1) is 0 Å². The Hall–Kier alpha value is -1.90. The molecule has 0 saturated carbocycles. The molecule has 1 aliphatic rings. The van der Waals surface area contributed by atoms with Gasteiger partial charge in [-0.3, -0.25) is 19.1 Å². The third-order valence-corrected chi connectivity index (χ3v) is 5.67. The number of carbonyl (C=O) groups is 1. The normalized spacial score (nSPS) is 16.4. The first-order chi connectivity index (χ1) is 13.1. The first kappa shape index (κ1) is 19.9. The summed E-state index contributed by atoms with van der Waals surface area (Å²) in [4.78, 5) is 31.8. The lowest BCUT2D eigenvalue weighted by Crippen LogP contribution is -2.37. The number of fused-ring (bicyclic) bond motifs is 1. The van der Waals surface area contributed by atoms with Gasteiger partial charge in [0.1, 0.15) is 5.25 Å². The van der Waals surface area contributed by atoms with Crippen molar-refractivity contribution in [1.82, 2.24) is 14.5 Å². The van der Waals surface area contributed by atoms with Crippen molar-refractivity contribution >= 4 is 28.6 Å². The van der Waals surface area contributed by atoms with Crippen molar-refractivity contribution in [2.24, 2.45) is 0 Å². The summed E-state index contributed by atoms with van der Waals surface area (Å²) in [6, 6.07) is 7.31. The summed E-state index contributed by atoms with van der Waals surface area (Å²) in [6.45, 7) is 6.58. The number of carbonyl (C=O) groups excluding carboxylic acids is 1. The lowest BCUT2D eigenvalue weighted by atomic mass is 10.2. The van der Waals surface area contributed by atoms with Crippen LogP contribution in [0, 0.1) is 0 Å².